The van der Waals surface area contributed by atoms with Gasteiger partial charge in [0.25, 0.3) is 5.91 Å². The standard InChI is InChI=1S/C25H23N3O3S/c1-3-22(32(2,30)31)20-15-18-10-7-13-27-24(18)21(16-20)17-8-6-9-19(14-17)25(29)28-23-11-4-5-12-26-23/h4-16,22H,3H2,1-2H3,(H,26,28,29). The van der Waals surface area contributed by atoms with Crippen molar-refractivity contribution in [3.8, 4) is 11.1 Å². The van der Waals surface area contributed by atoms with Crippen LogP contribution in [0.1, 0.15) is 34.5 Å². The van der Waals surface area contributed by atoms with Crippen LogP contribution in [0.25, 0.3) is 22.0 Å². The van der Waals surface area contributed by atoms with E-state index in [9.17, 15) is 13.2 Å². The Kier molecular flexibility index (Phi) is 6.01. The molecule has 0 bridgehead atoms. The lowest BCUT2D eigenvalue weighted by Gasteiger charge is -2.17. The van der Waals surface area contributed by atoms with Crippen LogP contribution in [0.4, 0.5) is 5.82 Å². The van der Waals surface area contributed by atoms with Gasteiger partial charge >= 0.3 is 0 Å². The first-order chi connectivity index (χ1) is 15.4. The molecule has 4 aromatic rings. The fourth-order valence-electron chi connectivity index (χ4n) is 3.86. The zero-order chi connectivity index (χ0) is 22.7. The Bertz CT molecular complexity index is 1390. The van der Waals surface area contributed by atoms with Gasteiger partial charge in [0.05, 0.1) is 10.8 Å². The van der Waals surface area contributed by atoms with Gasteiger partial charge in [-0.15, -0.1) is 0 Å². The minimum Gasteiger partial charge on any atom is -0.307 e. The summed E-state index contributed by atoms with van der Waals surface area (Å²) in [5, 5.41) is 3.03. The number of benzene rings is 2. The Hall–Kier alpha value is -3.58. The van der Waals surface area contributed by atoms with Gasteiger partial charge in [-0.3, -0.25) is 9.78 Å². The molecule has 2 aromatic heterocycles. The number of aromatic nitrogens is 2. The number of sulfone groups is 1. The van der Waals surface area contributed by atoms with Gasteiger partial charge in [0, 0.05) is 35.2 Å². The fraction of sp³-hybridized carbons (Fsp3) is 0.160. The van der Waals surface area contributed by atoms with Crippen LogP contribution in [-0.4, -0.2) is 30.5 Å². The van der Waals surface area contributed by atoms with E-state index in [1.165, 1.54) is 6.26 Å². The van der Waals surface area contributed by atoms with E-state index >= 15 is 0 Å². The van der Waals surface area contributed by atoms with Gasteiger partial charge in [0.15, 0.2) is 9.84 Å². The Morgan fingerprint density at radius 2 is 1.78 bits per heavy atom. The lowest BCUT2D eigenvalue weighted by atomic mass is 9.96. The quantitative estimate of drug-likeness (QED) is 0.449. The number of hydrogen-bond donors (Lipinski definition) is 1. The first kappa shape index (κ1) is 21.6. The maximum absolute atomic E-state index is 12.8. The first-order valence-corrected chi connectivity index (χ1v) is 12.2. The lowest BCUT2D eigenvalue weighted by molar-refractivity contribution is 0.102. The van der Waals surface area contributed by atoms with Crippen molar-refractivity contribution in [1.29, 1.82) is 0 Å². The van der Waals surface area contributed by atoms with Gasteiger partial charge in [0.1, 0.15) is 5.82 Å². The smallest absolute Gasteiger partial charge is 0.256 e. The molecule has 6 nitrogen and oxygen atoms in total. The van der Waals surface area contributed by atoms with Crippen LogP contribution in [0.15, 0.2) is 79.1 Å². The van der Waals surface area contributed by atoms with Gasteiger partial charge in [-0.25, -0.2) is 13.4 Å². The van der Waals surface area contributed by atoms with E-state index < -0.39 is 15.1 Å². The largest absolute Gasteiger partial charge is 0.307 e. The van der Waals surface area contributed by atoms with Gasteiger partial charge in [-0.1, -0.05) is 31.2 Å². The van der Waals surface area contributed by atoms with Gasteiger partial charge in [0.2, 0.25) is 0 Å². The van der Waals surface area contributed by atoms with Crippen molar-refractivity contribution in [3.63, 3.8) is 0 Å². The maximum Gasteiger partial charge on any atom is 0.256 e. The molecule has 0 aliphatic rings. The number of carbonyl (C=O) groups is 1. The molecule has 1 atom stereocenters. The summed E-state index contributed by atoms with van der Waals surface area (Å²) in [7, 11) is -3.28. The second kappa shape index (κ2) is 8.88. The number of carbonyl (C=O) groups excluding carboxylic acids is 1. The number of nitrogens with one attached hydrogen (secondary N) is 1. The van der Waals surface area contributed by atoms with Crippen LogP contribution in [0, 0.1) is 0 Å². The molecule has 0 aliphatic carbocycles. The van der Waals surface area contributed by atoms with E-state index in [1.54, 1.807) is 48.8 Å². The van der Waals surface area contributed by atoms with Gasteiger partial charge in [-0.2, -0.15) is 0 Å². The topological polar surface area (TPSA) is 89.0 Å². The van der Waals surface area contributed by atoms with E-state index in [-0.39, 0.29) is 5.91 Å². The Morgan fingerprint density at radius 1 is 0.969 bits per heavy atom. The monoisotopic (exact) mass is 445 g/mol. The van der Waals surface area contributed by atoms with Crippen molar-refractivity contribution in [3.05, 3.63) is 90.3 Å². The second-order valence-corrected chi connectivity index (χ2v) is 9.85. The number of fused-ring (bicyclic) bond motifs is 1. The average Bonchev–Trinajstić information content (AvgIpc) is 2.79. The highest BCUT2D eigenvalue weighted by Crippen LogP contribution is 2.34. The Balaban J connectivity index is 1.81. The number of amides is 1. The summed E-state index contributed by atoms with van der Waals surface area (Å²) in [5.41, 5.74) is 3.51. The van der Waals surface area contributed by atoms with E-state index in [0.717, 1.165) is 22.0 Å². The summed E-state index contributed by atoms with van der Waals surface area (Å²) in [6.45, 7) is 1.86. The molecule has 1 unspecified atom stereocenters. The summed E-state index contributed by atoms with van der Waals surface area (Å²) in [5.74, 6) is 0.192. The van der Waals surface area contributed by atoms with Crippen molar-refractivity contribution < 1.29 is 13.2 Å². The molecular formula is C25H23N3O3S. The molecule has 2 aromatic carbocycles. The zero-order valence-electron chi connectivity index (χ0n) is 17.8. The molecule has 162 valence electrons. The molecule has 0 saturated carbocycles. The molecule has 0 radical (unpaired) electrons. The number of rotatable bonds is 6. The molecule has 0 saturated heterocycles. The van der Waals surface area contributed by atoms with E-state index in [4.69, 9.17) is 0 Å². The SMILES string of the molecule is CCC(c1cc(-c2cccc(C(=O)Nc3ccccn3)c2)c2ncccc2c1)S(C)(=O)=O. The normalized spacial score (nSPS) is 12.4. The number of anilines is 1. The minimum absolute atomic E-state index is 0.276. The highest BCUT2D eigenvalue weighted by Gasteiger charge is 2.23. The molecule has 1 N–H and O–H groups in total. The third kappa shape index (κ3) is 4.53. The van der Waals surface area contributed by atoms with Crippen molar-refractivity contribution >= 4 is 32.5 Å². The van der Waals surface area contributed by atoms with Crippen molar-refractivity contribution in [2.45, 2.75) is 18.6 Å². The number of nitrogens with zero attached hydrogens (tertiary/aromatic N) is 2. The summed E-state index contributed by atoms with van der Waals surface area (Å²) in [4.78, 5) is 21.4. The van der Waals surface area contributed by atoms with Crippen LogP contribution in [0.5, 0.6) is 0 Å². The Morgan fingerprint density at radius 3 is 2.50 bits per heavy atom. The average molecular weight is 446 g/mol. The third-order valence-electron chi connectivity index (χ3n) is 5.33. The molecule has 0 fully saturated rings. The second-order valence-electron chi connectivity index (χ2n) is 7.62. The first-order valence-electron chi connectivity index (χ1n) is 10.3. The summed E-state index contributed by atoms with van der Waals surface area (Å²) in [6.07, 6.45) is 5.05. The summed E-state index contributed by atoms with van der Waals surface area (Å²) < 4.78 is 24.8. The predicted octanol–water partition coefficient (Wildman–Crippen LogP) is 5.04. The van der Waals surface area contributed by atoms with Crippen LogP contribution in [0.3, 0.4) is 0 Å². The minimum atomic E-state index is -3.28. The van der Waals surface area contributed by atoms with Crippen LogP contribution in [-0.2, 0) is 9.84 Å². The number of pyridine rings is 2. The molecule has 2 heterocycles. The zero-order valence-corrected chi connectivity index (χ0v) is 18.6. The highest BCUT2D eigenvalue weighted by molar-refractivity contribution is 7.90. The van der Waals surface area contributed by atoms with Gasteiger partial charge in [-0.05, 0) is 60.0 Å². The van der Waals surface area contributed by atoms with Crippen molar-refractivity contribution in [1.82, 2.24) is 9.97 Å². The van der Waals surface area contributed by atoms with Crippen molar-refractivity contribution in [2.24, 2.45) is 0 Å². The molecular weight excluding hydrogens is 422 g/mol. The van der Waals surface area contributed by atoms with E-state index in [1.807, 2.05) is 37.3 Å². The summed E-state index contributed by atoms with van der Waals surface area (Å²) >= 11 is 0. The summed E-state index contributed by atoms with van der Waals surface area (Å²) in [6, 6.07) is 20.0. The fourth-order valence-corrected chi connectivity index (χ4v) is 5.10. The lowest BCUT2D eigenvalue weighted by Crippen LogP contribution is -2.13. The number of hydrogen-bond acceptors (Lipinski definition) is 5. The van der Waals surface area contributed by atoms with Crippen LogP contribution >= 0.6 is 0 Å². The molecule has 7 heteroatoms. The molecule has 4 rings (SSSR count). The third-order valence-corrected chi connectivity index (χ3v) is 6.97. The molecule has 1 amide bonds. The predicted molar refractivity (Wildman–Crippen MR) is 127 cm³/mol. The van der Waals surface area contributed by atoms with Crippen LogP contribution in [0.2, 0.25) is 0 Å². The maximum atomic E-state index is 12.8. The molecule has 0 aliphatic heterocycles. The van der Waals surface area contributed by atoms with E-state index in [0.29, 0.717) is 23.4 Å². The van der Waals surface area contributed by atoms with E-state index in [2.05, 4.69) is 15.3 Å². The highest BCUT2D eigenvalue weighted by atomic mass is 32.2. The molecule has 0 spiro atoms. The molecule has 32 heavy (non-hydrogen) atoms. The van der Waals surface area contributed by atoms with Gasteiger partial charge < -0.3 is 5.32 Å². The Labute approximate surface area is 187 Å². The van der Waals surface area contributed by atoms with Crippen LogP contribution < -0.4 is 5.32 Å². The van der Waals surface area contributed by atoms with Crippen molar-refractivity contribution in [2.75, 3.05) is 11.6 Å².